The Hall–Kier alpha value is -2.69. The third kappa shape index (κ3) is 5.91. The van der Waals surface area contributed by atoms with Crippen molar-refractivity contribution in [2.24, 2.45) is 0 Å². The minimum absolute atomic E-state index is 0.0743. The summed E-state index contributed by atoms with van der Waals surface area (Å²) in [5.74, 6) is 2.12. The number of methoxy groups -OCH3 is 2. The first-order chi connectivity index (χ1) is 13.5. The van der Waals surface area contributed by atoms with E-state index in [9.17, 15) is 4.79 Å². The molecule has 0 fully saturated rings. The number of amides is 1. The van der Waals surface area contributed by atoms with Crippen LogP contribution in [0.1, 0.15) is 36.5 Å². The van der Waals surface area contributed by atoms with E-state index in [0.29, 0.717) is 18.7 Å². The van der Waals surface area contributed by atoms with E-state index in [4.69, 9.17) is 14.2 Å². The van der Waals surface area contributed by atoms with Crippen molar-refractivity contribution < 1.29 is 19.0 Å². The summed E-state index contributed by atoms with van der Waals surface area (Å²) in [7, 11) is 3.25. The Morgan fingerprint density at radius 3 is 2.36 bits per heavy atom. The van der Waals surface area contributed by atoms with Gasteiger partial charge in [-0.3, -0.25) is 4.79 Å². The van der Waals surface area contributed by atoms with Crippen LogP contribution < -0.4 is 19.5 Å². The molecule has 28 heavy (non-hydrogen) atoms. The van der Waals surface area contributed by atoms with E-state index in [1.54, 1.807) is 14.2 Å². The number of nitrogens with one attached hydrogen (secondary N) is 1. The van der Waals surface area contributed by atoms with Crippen molar-refractivity contribution in [1.82, 2.24) is 5.32 Å². The van der Waals surface area contributed by atoms with Crippen LogP contribution in [0, 0.1) is 13.8 Å². The maximum absolute atomic E-state index is 12.5. The fourth-order valence-electron chi connectivity index (χ4n) is 3.06. The SMILES string of the molecule is CC[C@H](Oc1ccc(C)cc1C)C(=O)NCCCc1ccc(OC)c(OC)c1. The van der Waals surface area contributed by atoms with E-state index in [-0.39, 0.29) is 5.91 Å². The van der Waals surface area contributed by atoms with Crippen LogP contribution in [0.5, 0.6) is 17.2 Å². The first-order valence-corrected chi connectivity index (χ1v) is 9.71. The number of carbonyl (C=O) groups is 1. The van der Waals surface area contributed by atoms with Crippen molar-refractivity contribution >= 4 is 5.91 Å². The van der Waals surface area contributed by atoms with E-state index in [1.165, 1.54) is 5.56 Å². The molecule has 1 amide bonds. The first-order valence-electron chi connectivity index (χ1n) is 9.71. The Labute approximate surface area is 168 Å². The molecule has 2 aromatic rings. The molecule has 152 valence electrons. The van der Waals surface area contributed by atoms with Crippen LogP contribution in [0.4, 0.5) is 0 Å². The largest absolute Gasteiger partial charge is 0.493 e. The number of ether oxygens (including phenoxy) is 3. The molecule has 2 aromatic carbocycles. The molecule has 5 nitrogen and oxygen atoms in total. The molecule has 0 radical (unpaired) electrons. The van der Waals surface area contributed by atoms with Crippen LogP contribution in [-0.2, 0) is 11.2 Å². The number of benzene rings is 2. The summed E-state index contributed by atoms with van der Waals surface area (Å²) in [6.07, 6.45) is 1.81. The van der Waals surface area contributed by atoms with Crippen molar-refractivity contribution in [2.75, 3.05) is 20.8 Å². The molecule has 0 bridgehead atoms. The van der Waals surface area contributed by atoms with Crippen LogP contribution >= 0.6 is 0 Å². The van der Waals surface area contributed by atoms with Crippen LogP contribution in [0.25, 0.3) is 0 Å². The zero-order valence-corrected chi connectivity index (χ0v) is 17.5. The van der Waals surface area contributed by atoms with E-state index >= 15 is 0 Å². The quantitative estimate of drug-likeness (QED) is 0.622. The first kappa shape index (κ1) is 21.6. The van der Waals surface area contributed by atoms with Gasteiger partial charge in [0.05, 0.1) is 14.2 Å². The molecule has 1 N–H and O–H groups in total. The Morgan fingerprint density at radius 1 is 1.00 bits per heavy atom. The Morgan fingerprint density at radius 2 is 1.71 bits per heavy atom. The van der Waals surface area contributed by atoms with Gasteiger partial charge >= 0.3 is 0 Å². The van der Waals surface area contributed by atoms with Gasteiger partial charge in [-0.05, 0) is 62.4 Å². The molecule has 0 aliphatic heterocycles. The topological polar surface area (TPSA) is 56.8 Å². The maximum Gasteiger partial charge on any atom is 0.261 e. The van der Waals surface area contributed by atoms with Gasteiger partial charge in [0.1, 0.15) is 5.75 Å². The maximum atomic E-state index is 12.5. The summed E-state index contributed by atoms with van der Waals surface area (Å²) in [4.78, 5) is 12.5. The van der Waals surface area contributed by atoms with Crippen molar-refractivity contribution in [1.29, 1.82) is 0 Å². The number of carbonyl (C=O) groups excluding carboxylic acids is 1. The van der Waals surface area contributed by atoms with E-state index in [2.05, 4.69) is 11.4 Å². The van der Waals surface area contributed by atoms with Gasteiger partial charge in [0.15, 0.2) is 17.6 Å². The van der Waals surface area contributed by atoms with Gasteiger partial charge in [-0.15, -0.1) is 0 Å². The molecule has 0 saturated heterocycles. The van der Waals surface area contributed by atoms with E-state index < -0.39 is 6.10 Å². The summed E-state index contributed by atoms with van der Waals surface area (Å²) >= 11 is 0. The standard InChI is InChI=1S/C23H31NO4/c1-6-19(28-20-11-9-16(2)14-17(20)3)23(25)24-13-7-8-18-10-12-21(26-4)22(15-18)27-5/h9-12,14-15,19H,6-8,13H2,1-5H3,(H,24,25)/t19-/m0/s1. The lowest BCUT2D eigenvalue weighted by atomic mass is 10.1. The Kier molecular flexibility index (Phi) is 8.18. The second kappa shape index (κ2) is 10.6. The molecule has 0 spiro atoms. The molecule has 0 aromatic heterocycles. The second-order valence-corrected chi connectivity index (χ2v) is 6.87. The van der Waals surface area contributed by atoms with Crippen molar-refractivity contribution in [3.05, 3.63) is 53.1 Å². The van der Waals surface area contributed by atoms with E-state index in [0.717, 1.165) is 35.5 Å². The van der Waals surface area contributed by atoms with Crippen LogP contribution in [0.2, 0.25) is 0 Å². The lowest BCUT2D eigenvalue weighted by Gasteiger charge is -2.19. The highest BCUT2D eigenvalue weighted by Crippen LogP contribution is 2.28. The van der Waals surface area contributed by atoms with E-state index in [1.807, 2.05) is 51.1 Å². The number of aryl methyl sites for hydroxylation is 3. The third-order valence-corrected chi connectivity index (χ3v) is 4.65. The Bertz CT molecular complexity index is 788. The van der Waals surface area contributed by atoms with Crippen molar-refractivity contribution in [3.63, 3.8) is 0 Å². The highest BCUT2D eigenvalue weighted by Gasteiger charge is 2.18. The molecule has 0 aliphatic rings. The zero-order valence-electron chi connectivity index (χ0n) is 17.5. The lowest BCUT2D eigenvalue weighted by molar-refractivity contribution is -0.128. The predicted molar refractivity (Wildman–Crippen MR) is 111 cm³/mol. The molecule has 1 atom stereocenters. The zero-order chi connectivity index (χ0) is 20.5. The molecule has 0 heterocycles. The van der Waals surface area contributed by atoms with Gasteiger partial charge < -0.3 is 19.5 Å². The lowest BCUT2D eigenvalue weighted by Crippen LogP contribution is -2.38. The average molecular weight is 386 g/mol. The monoisotopic (exact) mass is 385 g/mol. The van der Waals surface area contributed by atoms with Crippen LogP contribution in [0.3, 0.4) is 0 Å². The van der Waals surface area contributed by atoms with Gasteiger partial charge in [-0.1, -0.05) is 30.7 Å². The normalized spacial score (nSPS) is 11.6. The molecule has 0 saturated carbocycles. The van der Waals surface area contributed by atoms with Gasteiger partial charge in [0, 0.05) is 6.54 Å². The highest BCUT2D eigenvalue weighted by atomic mass is 16.5. The summed E-state index contributed by atoms with van der Waals surface area (Å²) in [6.45, 7) is 6.59. The summed E-state index contributed by atoms with van der Waals surface area (Å²) in [5.41, 5.74) is 3.36. The fraction of sp³-hybridized carbons (Fsp3) is 0.435. The van der Waals surface area contributed by atoms with Crippen molar-refractivity contribution in [2.45, 2.75) is 46.1 Å². The van der Waals surface area contributed by atoms with Crippen molar-refractivity contribution in [3.8, 4) is 17.2 Å². The van der Waals surface area contributed by atoms with Gasteiger partial charge in [0.25, 0.3) is 5.91 Å². The number of rotatable bonds is 10. The van der Waals surface area contributed by atoms with Gasteiger partial charge in [-0.25, -0.2) is 0 Å². The third-order valence-electron chi connectivity index (χ3n) is 4.65. The predicted octanol–water partition coefficient (Wildman–Crippen LogP) is 4.23. The average Bonchev–Trinajstić information content (AvgIpc) is 2.70. The fourth-order valence-corrected chi connectivity index (χ4v) is 3.06. The summed E-state index contributed by atoms with van der Waals surface area (Å²) in [6, 6.07) is 11.9. The summed E-state index contributed by atoms with van der Waals surface area (Å²) in [5, 5.41) is 2.99. The Balaban J connectivity index is 1.83. The molecule has 0 unspecified atom stereocenters. The summed E-state index contributed by atoms with van der Waals surface area (Å²) < 4.78 is 16.5. The molecule has 0 aliphatic carbocycles. The highest BCUT2D eigenvalue weighted by molar-refractivity contribution is 5.81. The minimum Gasteiger partial charge on any atom is -0.493 e. The molecular formula is C23H31NO4. The second-order valence-electron chi connectivity index (χ2n) is 6.87. The number of hydrogen-bond donors (Lipinski definition) is 1. The van der Waals surface area contributed by atoms with Gasteiger partial charge in [0.2, 0.25) is 0 Å². The molecule has 5 heteroatoms. The molecule has 2 rings (SSSR count). The van der Waals surface area contributed by atoms with Crippen LogP contribution in [0.15, 0.2) is 36.4 Å². The number of hydrogen-bond acceptors (Lipinski definition) is 4. The minimum atomic E-state index is -0.484. The smallest absolute Gasteiger partial charge is 0.261 e. The van der Waals surface area contributed by atoms with Gasteiger partial charge in [-0.2, -0.15) is 0 Å². The van der Waals surface area contributed by atoms with Crippen LogP contribution in [-0.4, -0.2) is 32.8 Å². The molecular weight excluding hydrogens is 354 g/mol.